The van der Waals surface area contributed by atoms with Gasteiger partial charge in [-0.2, -0.15) is 0 Å². The number of rotatable bonds is 7. The standard InChI is InChI=1S/C13H21NOS2/c1-10(17(2)15)7-8-14-13(11-5-6-11)12-4-3-9-16-12/h3-4,9-11,13-14H,5-8H2,1-2H3. The molecule has 0 amide bonds. The van der Waals surface area contributed by atoms with Crippen molar-refractivity contribution in [1.29, 1.82) is 0 Å². The van der Waals surface area contributed by atoms with Gasteiger partial charge in [-0.25, -0.2) is 0 Å². The van der Waals surface area contributed by atoms with E-state index >= 15 is 0 Å². The van der Waals surface area contributed by atoms with Gasteiger partial charge in [0, 0.05) is 33.2 Å². The van der Waals surface area contributed by atoms with Crippen molar-refractivity contribution in [3.63, 3.8) is 0 Å². The van der Waals surface area contributed by atoms with Crippen molar-refractivity contribution in [2.24, 2.45) is 5.92 Å². The van der Waals surface area contributed by atoms with Crippen molar-refractivity contribution in [1.82, 2.24) is 5.32 Å². The Bertz CT molecular complexity index is 360. The second-order valence-electron chi connectivity index (χ2n) is 4.88. The zero-order valence-corrected chi connectivity index (χ0v) is 12.2. The van der Waals surface area contributed by atoms with E-state index in [0.717, 1.165) is 18.9 Å². The molecule has 0 aliphatic heterocycles. The Hall–Kier alpha value is -0.190. The molecule has 0 bridgehead atoms. The number of hydrogen-bond acceptors (Lipinski definition) is 3. The first-order chi connectivity index (χ1) is 8.18. The summed E-state index contributed by atoms with van der Waals surface area (Å²) in [5.41, 5.74) is 0. The lowest BCUT2D eigenvalue weighted by Crippen LogP contribution is -2.26. The third-order valence-corrected chi connectivity index (χ3v) is 5.75. The fourth-order valence-electron chi connectivity index (χ4n) is 2.01. The fraction of sp³-hybridized carbons (Fsp3) is 0.692. The first-order valence-electron chi connectivity index (χ1n) is 6.27. The Labute approximate surface area is 110 Å². The van der Waals surface area contributed by atoms with Crippen LogP contribution in [0, 0.1) is 5.92 Å². The van der Waals surface area contributed by atoms with E-state index in [-0.39, 0.29) is 0 Å². The van der Waals surface area contributed by atoms with Gasteiger partial charge in [0.1, 0.15) is 0 Å². The summed E-state index contributed by atoms with van der Waals surface area (Å²) in [5.74, 6) is 0.830. The van der Waals surface area contributed by atoms with Gasteiger partial charge in [0.05, 0.1) is 0 Å². The number of nitrogens with one attached hydrogen (secondary N) is 1. The molecule has 3 atom stereocenters. The third-order valence-electron chi connectivity index (χ3n) is 3.42. The summed E-state index contributed by atoms with van der Waals surface area (Å²) >= 11 is 1.84. The second-order valence-corrected chi connectivity index (χ2v) is 7.66. The third kappa shape index (κ3) is 3.90. The van der Waals surface area contributed by atoms with Gasteiger partial charge in [0.2, 0.25) is 0 Å². The van der Waals surface area contributed by atoms with Crippen LogP contribution in [0.15, 0.2) is 17.5 Å². The van der Waals surface area contributed by atoms with Crippen LogP contribution in [0.1, 0.15) is 37.1 Å². The topological polar surface area (TPSA) is 29.1 Å². The maximum absolute atomic E-state index is 11.3. The molecule has 0 spiro atoms. The summed E-state index contributed by atoms with van der Waals surface area (Å²) in [6, 6.07) is 4.88. The molecular formula is C13H21NOS2. The van der Waals surface area contributed by atoms with E-state index in [1.54, 1.807) is 6.26 Å². The fourth-order valence-corrected chi connectivity index (χ4v) is 3.35. The number of hydrogen-bond donors (Lipinski definition) is 1. The van der Waals surface area contributed by atoms with Crippen LogP contribution in [-0.2, 0) is 10.8 Å². The molecule has 1 saturated carbocycles. The van der Waals surface area contributed by atoms with E-state index < -0.39 is 10.8 Å². The van der Waals surface area contributed by atoms with E-state index in [4.69, 9.17) is 0 Å². The van der Waals surface area contributed by atoms with Gasteiger partial charge < -0.3 is 5.32 Å². The molecule has 1 aromatic rings. The molecule has 0 saturated heterocycles. The quantitative estimate of drug-likeness (QED) is 0.826. The van der Waals surface area contributed by atoms with Crippen molar-refractivity contribution in [2.75, 3.05) is 12.8 Å². The van der Waals surface area contributed by atoms with Gasteiger partial charge in [-0.1, -0.05) is 13.0 Å². The van der Waals surface area contributed by atoms with Gasteiger partial charge in [-0.05, 0) is 43.2 Å². The average molecular weight is 271 g/mol. The highest BCUT2D eigenvalue weighted by molar-refractivity contribution is 7.84. The zero-order chi connectivity index (χ0) is 12.3. The van der Waals surface area contributed by atoms with E-state index in [1.807, 2.05) is 11.3 Å². The predicted octanol–water partition coefficient (Wildman–Crippen LogP) is 2.95. The Morgan fingerprint density at radius 3 is 2.88 bits per heavy atom. The summed E-state index contributed by atoms with van der Waals surface area (Å²) in [6.45, 7) is 3.04. The van der Waals surface area contributed by atoms with Crippen LogP contribution in [0.3, 0.4) is 0 Å². The molecule has 96 valence electrons. The van der Waals surface area contributed by atoms with Crippen LogP contribution in [-0.4, -0.2) is 22.3 Å². The first kappa shape index (κ1) is 13.2. The number of thiophene rings is 1. The summed E-state index contributed by atoms with van der Waals surface area (Å²) < 4.78 is 11.3. The molecule has 4 heteroatoms. The Morgan fingerprint density at radius 1 is 1.59 bits per heavy atom. The zero-order valence-electron chi connectivity index (χ0n) is 10.5. The highest BCUT2D eigenvalue weighted by Crippen LogP contribution is 2.42. The van der Waals surface area contributed by atoms with E-state index in [1.165, 1.54) is 17.7 Å². The van der Waals surface area contributed by atoms with Crippen LogP contribution in [0.25, 0.3) is 0 Å². The molecule has 0 aromatic carbocycles. The SMILES string of the molecule is CC(CCNC(c1cccs1)C1CC1)S(C)=O. The Morgan fingerprint density at radius 2 is 2.35 bits per heavy atom. The molecule has 2 nitrogen and oxygen atoms in total. The van der Waals surface area contributed by atoms with Crippen LogP contribution in [0.4, 0.5) is 0 Å². The van der Waals surface area contributed by atoms with Crippen LogP contribution < -0.4 is 5.32 Å². The van der Waals surface area contributed by atoms with Crippen molar-refractivity contribution < 1.29 is 4.21 Å². The lowest BCUT2D eigenvalue weighted by Gasteiger charge is -2.18. The Kier molecular flexibility index (Phi) is 4.77. The largest absolute Gasteiger partial charge is 0.309 e. The molecule has 1 heterocycles. The lowest BCUT2D eigenvalue weighted by molar-refractivity contribution is 0.480. The summed E-state index contributed by atoms with van der Waals surface area (Å²) in [4.78, 5) is 1.46. The average Bonchev–Trinajstić information content (AvgIpc) is 2.99. The highest BCUT2D eigenvalue weighted by atomic mass is 32.2. The van der Waals surface area contributed by atoms with Gasteiger partial charge in [0.15, 0.2) is 0 Å². The molecule has 2 rings (SSSR count). The van der Waals surface area contributed by atoms with Gasteiger partial charge in [-0.3, -0.25) is 4.21 Å². The summed E-state index contributed by atoms with van der Waals surface area (Å²) in [7, 11) is -0.694. The molecule has 1 aliphatic rings. The van der Waals surface area contributed by atoms with Crippen molar-refractivity contribution in [2.45, 2.75) is 37.5 Å². The molecule has 1 N–H and O–H groups in total. The second kappa shape index (κ2) is 6.12. The smallest absolute Gasteiger partial charge is 0.0443 e. The van der Waals surface area contributed by atoms with Crippen LogP contribution >= 0.6 is 11.3 Å². The summed E-state index contributed by atoms with van der Waals surface area (Å²) in [5, 5.41) is 6.09. The minimum atomic E-state index is -0.694. The van der Waals surface area contributed by atoms with E-state index in [9.17, 15) is 4.21 Å². The van der Waals surface area contributed by atoms with Gasteiger partial charge in [0.25, 0.3) is 0 Å². The first-order valence-corrected chi connectivity index (χ1v) is 8.77. The minimum absolute atomic E-state index is 0.297. The van der Waals surface area contributed by atoms with Crippen molar-refractivity contribution in [3.8, 4) is 0 Å². The molecule has 17 heavy (non-hydrogen) atoms. The molecular weight excluding hydrogens is 250 g/mol. The van der Waals surface area contributed by atoms with E-state index in [2.05, 4.69) is 29.8 Å². The predicted molar refractivity (Wildman–Crippen MR) is 75.9 cm³/mol. The monoisotopic (exact) mass is 271 g/mol. The van der Waals surface area contributed by atoms with Gasteiger partial charge >= 0.3 is 0 Å². The molecule has 1 fully saturated rings. The molecule has 1 aromatic heterocycles. The highest BCUT2D eigenvalue weighted by Gasteiger charge is 2.32. The maximum atomic E-state index is 11.3. The maximum Gasteiger partial charge on any atom is 0.0443 e. The molecule has 3 unspecified atom stereocenters. The summed E-state index contributed by atoms with van der Waals surface area (Å²) in [6.07, 6.45) is 5.50. The van der Waals surface area contributed by atoms with Crippen molar-refractivity contribution in [3.05, 3.63) is 22.4 Å². The van der Waals surface area contributed by atoms with Crippen LogP contribution in [0.5, 0.6) is 0 Å². The lowest BCUT2D eigenvalue weighted by atomic mass is 10.1. The minimum Gasteiger partial charge on any atom is -0.309 e. The molecule has 0 radical (unpaired) electrons. The van der Waals surface area contributed by atoms with E-state index in [0.29, 0.717) is 11.3 Å². The van der Waals surface area contributed by atoms with Crippen LogP contribution in [0.2, 0.25) is 0 Å². The van der Waals surface area contributed by atoms with Crippen molar-refractivity contribution >= 4 is 22.1 Å². The molecule has 1 aliphatic carbocycles. The Balaban J connectivity index is 1.81. The van der Waals surface area contributed by atoms with Gasteiger partial charge in [-0.15, -0.1) is 11.3 Å². The normalized spacial score (nSPS) is 21.1.